The molecule has 236 valence electrons. The van der Waals surface area contributed by atoms with Crippen LogP contribution in [0.2, 0.25) is 0 Å². The van der Waals surface area contributed by atoms with Gasteiger partial charge >= 0.3 is 5.97 Å². The molecule has 6 nitrogen and oxygen atoms in total. The molecule has 1 aliphatic heterocycles. The molecule has 0 radical (unpaired) electrons. The molecule has 0 bridgehead atoms. The van der Waals surface area contributed by atoms with Crippen molar-refractivity contribution in [2.75, 3.05) is 6.54 Å². The molecule has 0 spiro atoms. The van der Waals surface area contributed by atoms with Crippen molar-refractivity contribution in [1.29, 1.82) is 0 Å². The fourth-order valence-corrected chi connectivity index (χ4v) is 5.04. The maximum absolute atomic E-state index is 12.6. The fraction of sp³-hybridized carbons (Fsp3) is 0.361. The van der Waals surface area contributed by atoms with Crippen molar-refractivity contribution in [3.05, 3.63) is 118 Å². The molecule has 1 amide bonds. The number of benzene rings is 1. The van der Waals surface area contributed by atoms with E-state index in [2.05, 4.69) is 30.4 Å². The predicted molar refractivity (Wildman–Crippen MR) is 183 cm³/mol. The van der Waals surface area contributed by atoms with Crippen LogP contribution in [-0.4, -0.2) is 35.3 Å². The third-order valence-electron chi connectivity index (χ3n) is 6.94. The predicted octanol–water partition coefficient (Wildman–Crippen LogP) is 9.53. The Bertz CT molecular complexity index is 1380. The molecule has 0 aliphatic carbocycles. The summed E-state index contributed by atoms with van der Waals surface area (Å²) < 4.78 is 6.97. The Morgan fingerprint density at radius 1 is 1.14 bits per heavy atom. The molecule has 1 aliphatic rings. The Morgan fingerprint density at radius 3 is 2.43 bits per heavy atom. The van der Waals surface area contributed by atoms with Gasteiger partial charge in [-0.1, -0.05) is 73.5 Å². The Morgan fingerprint density at radius 2 is 1.84 bits per heavy atom. The molecule has 0 fully saturated rings. The van der Waals surface area contributed by atoms with Crippen LogP contribution in [-0.2, 0) is 9.53 Å². The number of aliphatic imine (C=N–C) groups is 1. The lowest BCUT2D eigenvalue weighted by Gasteiger charge is -2.31. The smallest absolute Gasteiger partial charge is 0.305 e. The zero-order valence-corrected chi connectivity index (χ0v) is 27.7. The minimum absolute atomic E-state index is 0.0620. The van der Waals surface area contributed by atoms with Gasteiger partial charge < -0.3 is 15.2 Å². The Kier molecular flexibility index (Phi) is 15.7. The number of carbonyl (C=O) groups excluding carboxylic acids is 1. The quantitative estimate of drug-likeness (QED) is 0.131. The van der Waals surface area contributed by atoms with Crippen molar-refractivity contribution < 1.29 is 19.4 Å². The van der Waals surface area contributed by atoms with Gasteiger partial charge in [0.05, 0.1) is 12.1 Å². The molecule has 2 unspecified atom stereocenters. The number of aliphatic carboxylic acids is 1. The fourth-order valence-electron chi connectivity index (χ4n) is 4.75. The van der Waals surface area contributed by atoms with E-state index < -0.39 is 5.97 Å². The van der Waals surface area contributed by atoms with Crippen LogP contribution in [0.3, 0.4) is 0 Å². The van der Waals surface area contributed by atoms with Gasteiger partial charge in [-0.3, -0.25) is 14.6 Å². The molecule has 0 aromatic heterocycles. The summed E-state index contributed by atoms with van der Waals surface area (Å²) in [7, 11) is 0. The topological polar surface area (TPSA) is 88.0 Å². The number of nitrogens with zero attached hydrogens (tertiary/aromatic N) is 1. The molecule has 2 N–H and O–H groups in total. The number of halogens is 2. The molecular formula is C36H44Cl2N2O4. The standard InChI is InChI=1S/C36H44Cl2N2O4/c1-7-9-12-29(38)19-14-25(5)35(44-32-13-10-21-39-34(24(3)4)31(32)23-26(6)37)30(11-8-2)27-15-17-28(18-16-27)36(43)40-22-20-33(41)42/h7,10,14-19,21,23,30,35H,1,3,8-9,11-13,20,22H2,2,4-6H3,(H,40,43)(H,41,42). The summed E-state index contributed by atoms with van der Waals surface area (Å²) >= 11 is 12.9. The van der Waals surface area contributed by atoms with Gasteiger partial charge in [-0.2, -0.15) is 0 Å². The van der Waals surface area contributed by atoms with Crippen LogP contribution >= 0.6 is 23.2 Å². The van der Waals surface area contributed by atoms with Gasteiger partial charge in [-0.25, -0.2) is 0 Å². The maximum atomic E-state index is 12.6. The zero-order valence-electron chi connectivity index (χ0n) is 26.2. The molecule has 8 heteroatoms. The van der Waals surface area contributed by atoms with Crippen molar-refractivity contribution in [3.8, 4) is 0 Å². The van der Waals surface area contributed by atoms with Gasteiger partial charge in [0.25, 0.3) is 5.91 Å². The first-order chi connectivity index (χ1) is 21.0. The van der Waals surface area contributed by atoms with Crippen LogP contribution in [0.5, 0.6) is 0 Å². The van der Waals surface area contributed by atoms with E-state index in [-0.39, 0.29) is 30.9 Å². The van der Waals surface area contributed by atoms with Crippen molar-refractivity contribution in [2.45, 2.75) is 78.2 Å². The SMILES string of the molecule is C=CCCC(Cl)=CC=C(C)C(OC1=C(C=C(C)Cl)C(C(=C)C)=NC=CC1)C(CCC)c1ccc(C(=O)NCCC(=O)O)cc1. The Balaban J connectivity index is 2.62. The lowest BCUT2D eigenvalue weighted by molar-refractivity contribution is -0.136. The number of carboxylic acid groups (broad SMARTS) is 1. The van der Waals surface area contributed by atoms with Gasteiger partial charge in [-0.05, 0) is 81.0 Å². The van der Waals surface area contributed by atoms with E-state index >= 15 is 0 Å². The maximum Gasteiger partial charge on any atom is 0.305 e. The monoisotopic (exact) mass is 638 g/mol. The number of ether oxygens (including phenoxy) is 1. The highest BCUT2D eigenvalue weighted by molar-refractivity contribution is 6.30. The van der Waals surface area contributed by atoms with E-state index in [4.69, 9.17) is 33.0 Å². The number of rotatable bonds is 17. The minimum atomic E-state index is -0.963. The number of hydrogen-bond acceptors (Lipinski definition) is 4. The largest absolute Gasteiger partial charge is 0.489 e. The molecule has 1 aromatic rings. The van der Waals surface area contributed by atoms with E-state index in [1.807, 2.05) is 63.3 Å². The third-order valence-corrected chi connectivity index (χ3v) is 7.36. The van der Waals surface area contributed by atoms with E-state index in [0.29, 0.717) is 29.1 Å². The number of hydrogen-bond donors (Lipinski definition) is 2. The van der Waals surface area contributed by atoms with E-state index in [1.165, 1.54) is 0 Å². The summed E-state index contributed by atoms with van der Waals surface area (Å²) in [5.41, 5.74) is 4.75. The summed E-state index contributed by atoms with van der Waals surface area (Å²) in [5.74, 6) is -0.610. The van der Waals surface area contributed by atoms with Gasteiger partial charge in [0.15, 0.2) is 0 Å². The van der Waals surface area contributed by atoms with Crippen LogP contribution in [0.15, 0.2) is 112 Å². The van der Waals surface area contributed by atoms with Crippen LogP contribution in [0.25, 0.3) is 0 Å². The van der Waals surface area contributed by atoms with E-state index in [1.54, 1.807) is 18.3 Å². The van der Waals surface area contributed by atoms with Gasteiger partial charge in [-0.15, -0.1) is 6.58 Å². The lowest BCUT2D eigenvalue weighted by atomic mass is 9.85. The summed E-state index contributed by atoms with van der Waals surface area (Å²) in [4.78, 5) is 28.0. The van der Waals surface area contributed by atoms with E-state index in [0.717, 1.165) is 52.3 Å². The molecular weight excluding hydrogens is 595 g/mol. The highest BCUT2D eigenvalue weighted by atomic mass is 35.5. The number of amides is 1. The summed E-state index contributed by atoms with van der Waals surface area (Å²) in [6.45, 7) is 15.9. The number of carbonyl (C=O) groups is 2. The first kappa shape index (κ1) is 36.6. The summed E-state index contributed by atoms with van der Waals surface area (Å²) in [6.07, 6.45) is 14.6. The zero-order chi connectivity index (χ0) is 32.6. The molecule has 1 aromatic carbocycles. The second-order valence-corrected chi connectivity index (χ2v) is 11.8. The number of carboxylic acids is 1. The van der Waals surface area contributed by atoms with Gasteiger partial charge in [0.2, 0.25) is 0 Å². The third kappa shape index (κ3) is 11.8. The molecule has 44 heavy (non-hydrogen) atoms. The second kappa shape index (κ2) is 18.9. The average Bonchev–Trinajstić information content (AvgIpc) is 3.18. The molecule has 0 saturated carbocycles. The number of nitrogens with one attached hydrogen (secondary N) is 1. The molecule has 0 saturated heterocycles. The average molecular weight is 640 g/mol. The van der Waals surface area contributed by atoms with E-state index in [9.17, 15) is 9.59 Å². The molecule has 1 heterocycles. The van der Waals surface area contributed by atoms with Crippen molar-refractivity contribution in [3.63, 3.8) is 0 Å². The summed E-state index contributed by atoms with van der Waals surface area (Å²) in [5, 5.41) is 12.8. The molecule has 2 rings (SSSR count). The van der Waals surface area contributed by atoms with Crippen molar-refractivity contribution in [1.82, 2.24) is 5.32 Å². The summed E-state index contributed by atoms with van der Waals surface area (Å²) in [6, 6.07) is 7.41. The van der Waals surface area contributed by atoms with Gasteiger partial charge in [0.1, 0.15) is 11.9 Å². The Hall–Kier alpha value is -3.61. The minimum Gasteiger partial charge on any atom is -0.489 e. The highest BCUT2D eigenvalue weighted by Gasteiger charge is 2.28. The van der Waals surface area contributed by atoms with Crippen LogP contribution in [0, 0.1) is 0 Å². The Labute approximate surface area is 272 Å². The lowest BCUT2D eigenvalue weighted by Crippen LogP contribution is -2.26. The number of allylic oxidation sites excluding steroid dienone is 9. The molecule has 2 atom stereocenters. The second-order valence-electron chi connectivity index (χ2n) is 10.7. The van der Waals surface area contributed by atoms with Crippen LogP contribution < -0.4 is 5.32 Å². The van der Waals surface area contributed by atoms with Crippen molar-refractivity contribution in [2.24, 2.45) is 4.99 Å². The van der Waals surface area contributed by atoms with Gasteiger partial charge in [0, 0.05) is 46.3 Å². The first-order valence-electron chi connectivity index (χ1n) is 14.8. The normalized spacial score (nSPS) is 15.7. The van der Waals surface area contributed by atoms with Crippen molar-refractivity contribution >= 4 is 40.8 Å². The first-order valence-corrected chi connectivity index (χ1v) is 15.6. The van der Waals surface area contributed by atoms with Crippen LogP contribution in [0.1, 0.15) is 88.1 Å². The highest BCUT2D eigenvalue weighted by Crippen LogP contribution is 2.35. The van der Waals surface area contributed by atoms with Crippen LogP contribution in [0.4, 0.5) is 0 Å².